The molecule has 23 heavy (non-hydrogen) atoms. The second-order valence-electron chi connectivity index (χ2n) is 5.62. The van der Waals surface area contributed by atoms with E-state index in [1.165, 1.54) is 5.56 Å². The van der Waals surface area contributed by atoms with Crippen molar-refractivity contribution in [3.63, 3.8) is 0 Å². The molecule has 1 amide bonds. The summed E-state index contributed by atoms with van der Waals surface area (Å²) in [5.74, 6) is 1.26. The van der Waals surface area contributed by atoms with Gasteiger partial charge in [0, 0.05) is 19.7 Å². The monoisotopic (exact) mass is 313 g/mol. The number of likely N-dealkylation sites (N-methyl/N-ethyl adjacent to an activating group) is 1. The van der Waals surface area contributed by atoms with Gasteiger partial charge in [-0.1, -0.05) is 35.9 Å². The summed E-state index contributed by atoms with van der Waals surface area (Å²) in [6, 6.07) is 15.4. The summed E-state index contributed by atoms with van der Waals surface area (Å²) in [4.78, 5) is 14.1. The fraction of sp³-hybridized carbons (Fsp3) is 0.316. The van der Waals surface area contributed by atoms with Gasteiger partial charge in [0.15, 0.2) is 6.10 Å². The minimum Gasteiger partial charge on any atom is -0.497 e. The van der Waals surface area contributed by atoms with E-state index in [1.54, 1.807) is 32.0 Å². The van der Waals surface area contributed by atoms with Crippen LogP contribution in [0.1, 0.15) is 18.1 Å². The predicted molar refractivity (Wildman–Crippen MR) is 90.7 cm³/mol. The first-order valence-corrected chi connectivity index (χ1v) is 7.61. The molecule has 0 aliphatic heterocycles. The van der Waals surface area contributed by atoms with E-state index in [1.807, 2.05) is 49.4 Å². The van der Waals surface area contributed by atoms with Crippen LogP contribution in [0.4, 0.5) is 0 Å². The molecule has 2 aromatic carbocycles. The van der Waals surface area contributed by atoms with Crippen molar-refractivity contribution in [2.45, 2.75) is 26.5 Å². The van der Waals surface area contributed by atoms with Crippen molar-refractivity contribution in [3.05, 3.63) is 59.7 Å². The number of hydrogen-bond acceptors (Lipinski definition) is 3. The molecule has 0 heterocycles. The highest BCUT2D eigenvalue weighted by molar-refractivity contribution is 5.80. The number of carbonyl (C=O) groups is 1. The molecule has 0 bridgehead atoms. The molecule has 4 heteroatoms. The van der Waals surface area contributed by atoms with Crippen molar-refractivity contribution in [2.75, 3.05) is 14.2 Å². The molecular formula is C19H23NO3. The molecule has 122 valence electrons. The summed E-state index contributed by atoms with van der Waals surface area (Å²) in [5, 5.41) is 0. The molecule has 0 fully saturated rings. The topological polar surface area (TPSA) is 38.8 Å². The number of ether oxygens (including phenoxy) is 2. The molecule has 0 saturated heterocycles. The SMILES string of the molecule is COc1cccc(O[C@@H](C)C(=O)N(C)Cc2ccc(C)cc2)c1. The predicted octanol–water partition coefficient (Wildman–Crippen LogP) is 3.43. The van der Waals surface area contributed by atoms with Crippen molar-refractivity contribution >= 4 is 5.91 Å². The van der Waals surface area contributed by atoms with E-state index < -0.39 is 6.10 Å². The average molecular weight is 313 g/mol. The lowest BCUT2D eigenvalue weighted by Crippen LogP contribution is -2.37. The van der Waals surface area contributed by atoms with E-state index in [4.69, 9.17) is 9.47 Å². The first-order valence-electron chi connectivity index (χ1n) is 7.61. The number of amides is 1. The van der Waals surface area contributed by atoms with Crippen molar-refractivity contribution in [3.8, 4) is 11.5 Å². The molecule has 0 N–H and O–H groups in total. The number of carbonyl (C=O) groups excluding carboxylic acids is 1. The van der Waals surface area contributed by atoms with Crippen LogP contribution in [0.5, 0.6) is 11.5 Å². The Hall–Kier alpha value is -2.49. The van der Waals surface area contributed by atoms with Gasteiger partial charge in [-0.15, -0.1) is 0 Å². The lowest BCUT2D eigenvalue weighted by molar-refractivity contribution is -0.137. The minimum absolute atomic E-state index is 0.0617. The number of methoxy groups -OCH3 is 1. The highest BCUT2D eigenvalue weighted by Gasteiger charge is 2.19. The maximum Gasteiger partial charge on any atom is 0.263 e. The van der Waals surface area contributed by atoms with E-state index >= 15 is 0 Å². The Kier molecular flexibility index (Phi) is 5.63. The van der Waals surface area contributed by atoms with Crippen LogP contribution in [0.2, 0.25) is 0 Å². The molecule has 0 spiro atoms. The van der Waals surface area contributed by atoms with Gasteiger partial charge < -0.3 is 14.4 Å². The van der Waals surface area contributed by atoms with E-state index in [-0.39, 0.29) is 5.91 Å². The van der Waals surface area contributed by atoms with Crippen LogP contribution in [0.15, 0.2) is 48.5 Å². The van der Waals surface area contributed by atoms with Gasteiger partial charge in [-0.2, -0.15) is 0 Å². The standard InChI is InChI=1S/C19H23NO3/c1-14-8-10-16(11-9-14)13-20(3)19(21)15(2)23-18-7-5-6-17(12-18)22-4/h5-12,15H,13H2,1-4H3/t15-/m0/s1. The second kappa shape index (κ2) is 7.68. The van der Waals surface area contributed by atoms with Gasteiger partial charge in [0.2, 0.25) is 0 Å². The Morgan fingerprint density at radius 3 is 2.43 bits per heavy atom. The molecule has 2 aromatic rings. The van der Waals surface area contributed by atoms with Crippen LogP contribution in [0.25, 0.3) is 0 Å². The summed E-state index contributed by atoms with van der Waals surface area (Å²) < 4.78 is 10.9. The molecule has 0 aliphatic rings. The van der Waals surface area contributed by atoms with E-state index in [9.17, 15) is 4.79 Å². The molecule has 0 aliphatic carbocycles. The Morgan fingerprint density at radius 1 is 1.13 bits per heavy atom. The third kappa shape index (κ3) is 4.74. The zero-order chi connectivity index (χ0) is 16.8. The van der Waals surface area contributed by atoms with E-state index in [0.29, 0.717) is 18.0 Å². The fourth-order valence-corrected chi connectivity index (χ4v) is 2.28. The van der Waals surface area contributed by atoms with Crippen molar-refractivity contribution in [1.29, 1.82) is 0 Å². The summed E-state index contributed by atoms with van der Waals surface area (Å²) in [5.41, 5.74) is 2.30. The van der Waals surface area contributed by atoms with Gasteiger partial charge in [-0.3, -0.25) is 4.79 Å². The van der Waals surface area contributed by atoms with Gasteiger partial charge in [-0.05, 0) is 31.5 Å². The molecule has 0 radical (unpaired) electrons. The largest absolute Gasteiger partial charge is 0.497 e. The molecule has 0 saturated carbocycles. The Bertz CT molecular complexity index is 652. The Labute approximate surface area is 137 Å². The fourth-order valence-electron chi connectivity index (χ4n) is 2.28. The number of hydrogen-bond donors (Lipinski definition) is 0. The third-order valence-corrected chi connectivity index (χ3v) is 3.62. The second-order valence-corrected chi connectivity index (χ2v) is 5.62. The van der Waals surface area contributed by atoms with E-state index in [2.05, 4.69) is 0 Å². The van der Waals surface area contributed by atoms with Gasteiger partial charge in [0.1, 0.15) is 11.5 Å². The maximum atomic E-state index is 12.4. The van der Waals surface area contributed by atoms with Crippen LogP contribution in [0.3, 0.4) is 0 Å². The van der Waals surface area contributed by atoms with Crippen LogP contribution < -0.4 is 9.47 Å². The summed E-state index contributed by atoms with van der Waals surface area (Å²) in [7, 11) is 3.39. The van der Waals surface area contributed by atoms with Crippen molar-refractivity contribution in [2.24, 2.45) is 0 Å². The number of benzene rings is 2. The molecule has 1 atom stereocenters. The molecule has 4 nitrogen and oxygen atoms in total. The normalized spacial score (nSPS) is 11.7. The van der Waals surface area contributed by atoms with Crippen LogP contribution in [0, 0.1) is 6.92 Å². The highest BCUT2D eigenvalue weighted by Crippen LogP contribution is 2.20. The van der Waals surface area contributed by atoms with Gasteiger partial charge in [0.05, 0.1) is 7.11 Å². The van der Waals surface area contributed by atoms with Crippen molar-refractivity contribution in [1.82, 2.24) is 4.90 Å². The lowest BCUT2D eigenvalue weighted by Gasteiger charge is -2.22. The molecule has 2 rings (SSSR count). The number of rotatable bonds is 6. The lowest BCUT2D eigenvalue weighted by atomic mass is 10.1. The zero-order valence-corrected chi connectivity index (χ0v) is 14.1. The van der Waals surface area contributed by atoms with Gasteiger partial charge >= 0.3 is 0 Å². The highest BCUT2D eigenvalue weighted by atomic mass is 16.5. The molecular weight excluding hydrogens is 290 g/mol. The Balaban J connectivity index is 1.96. The van der Waals surface area contributed by atoms with Crippen molar-refractivity contribution < 1.29 is 14.3 Å². The summed E-state index contributed by atoms with van der Waals surface area (Å²) >= 11 is 0. The summed E-state index contributed by atoms with van der Waals surface area (Å²) in [6.07, 6.45) is -0.558. The van der Waals surface area contributed by atoms with Crippen LogP contribution in [-0.4, -0.2) is 31.1 Å². The van der Waals surface area contributed by atoms with Crippen LogP contribution >= 0.6 is 0 Å². The Morgan fingerprint density at radius 2 is 1.78 bits per heavy atom. The van der Waals surface area contributed by atoms with Gasteiger partial charge in [-0.25, -0.2) is 0 Å². The number of nitrogens with zero attached hydrogens (tertiary/aromatic N) is 1. The first-order chi connectivity index (χ1) is 11.0. The molecule has 0 unspecified atom stereocenters. The van der Waals surface area contributed by atoms with Crippen LogP contribution in [-0.2, 0) is 11.3 Å². The minimum atomic E-state index is -0.558. The summed E-state index contributed by atoms with van der Waals surface area (Å²) in [6.45, 7) is 4.36. The smallest absolute Gasteiger partial charge is 0.263 e. The van der Waals surface area contributed by atoms with E-state index in [0.717, 1.165) is 5.56 Å². The average Bonchev–Trinajstić information content (AvgIpc) is 2.56. The zero-order valence-electron chi connectivity index (χ0n) is 14.1. The van der Waals surface area contributed by atoms with Gasteiger partial charge in [0.25, 0.3) is 5.91 Å². The quantitative estimate of drug-likeness (QED) is 0.820. The molecule has 0 aromatic heterocycles. The number of aryl methyl sites for hydroxylation is 1. The third-order valence-electron chi connectivity index (χ3n) is 3.62. The maximum absolute atomic E-state index is 12.4. The first kappa shape index (κ1) is 16.9.